The van der Waals surface area contributed by atoms with Crippen LogP contribution in [0.4, 0.5) is 0 Å². The van der Waals surface area contributed by atoms with E-state index in [9.17, 15) is 4.79 Å². The smallest absolute Gasteiger partial charge is 0.227 e. The highest BCUT2D eigenvalue weighted by atomic mass is 16.5. The van der Waals surface area contributed by atoms with Gasteiger partial charge in [0.05, 0.1) is 11.5 Å². The third-order valence-corrected chi connectivity index (χ3v) is 4.95. The van der Waals surface area contributed by atoms with Crippen molar-refractivity contribution in [2.24, 2.45) is 11.1 Å². The Morgan fingerprint density at radius 2 is 1.85 bits per heavy atom. The summed E-state index contributed by atoms with van der Waals surface area (Å²) in [5.74, 6) is 0.162. The molecule has 2 rings (SSSR count). The fraction of sp³-hybridized carbons (Fsp3) is 0.938. The van der Waals surface area contributed by atoms with Gasteiger partial charge in [-0.15, -0.1) is 0 Å². The molecule has 4 nitrogen and oxygen atoms in total. The van der Waals surface area contributed by atoms with Crippen molar-refractivity contribution in [2.75, 3.05) is 19.7 Å². The molecule has 0 unspecified atom stereocenters. The zero-order valence-corrected chi connectivity index (χ0v) is 12.7. The lowest BCUT2D eigenvalue weighted by Crippen LogP contribution is -2.44. The van der Waals surface area contributed by atoms with E-state index in [1.165, 1.54) is 32.1 Å². The molecule has 0 aromatic heterocycles. The third-order valence-electron chi connectivity index (χ3n) is 4.95. The standard InChI is InChI=1S/C16H30N2O2/c17-13-16(9-4-5-10-16)15(19)18-11-6-12-20-14-7-2-1-3-8-14/h14H,1-13,17H2,(H,18,19). The van der Waals surface area contributed by atoms with Crippen molar-refractivity contribution in [3.05, 3.63) is 0 Å². The number of amides is 1. The summed E-state index contributed by atoms with van der Waals surface area (Å²) in [5.41, 5.74) is 5.54. The predicted molar refractivity (Wildman–Crippen MR) is 80.4 cm³/mol. The van der Waals surface area contributed by atoms with Crippen LogP contribution in [0.5, 0.6) is 0 Å². The Bertz CT molecular complexity index is 295. The Hall–Kier alpha value is -0.610. The van der Waals surface area contributed by atoms with E-state index in [4.69, 9.17) is 10.5 Å². The second-order valence-corrected chi connectivity index (χ2v) is 6.43. The first kappa shape index (κ1) is 15.8. The van der Waals surface area contributed by atoms with Crippen LogP contribution < -0.4 is 11.1 Å². The van der Waals surface area contributed by atoms with Crippen LogP contribution in [0.3, 0.4) is 0 Å². The molecule has 3 N–H and O–H groups in total. The molecule has 2 fully saturated rings. The van der Waals surface area contributed by atoms with Crippen LogP contribution in [0.2, 0.25) is 0 Å². The minimum Gasteiger partial charge on any atom is -0.378 e. The van der Waals surface area contributed by atoms with Crippen LogP contribution in [0, 0.1) is 5.41 Å². The average Bonchev–Trinajstić information content (AvgIpc) is 2.98. The van der Waals surface area contributed by atoms with Gasteiger partial charge in [0.2, 0.25) is 5.91 Å². The Morgan fingerprint density at radius 1 is 1.15 bits per heavy atom. The molecule has 1 amide bonds. The van der Waals surface area contributed by atoms with Crippen molar-refractivity contribution in [3.63, 3.8) is 0 Å². The Balaban J connectivity index is 1.57. The van der Waals surface area contributed by atoms with Crippen LogP contribution in [-0.2, 0) is 9.53 Å². The van der Waals surface area contributed by atoms with Gasteiger partial charge in [-0.2, -0.15) is 0 Å². The second kappa shape index (κ2) is 7.99. The van der Waals surface area contributed by atoms with E-state index in [0.717, 1.165) is 38.7 Å². The van der Waals surface area contributed by atoms with Crippen molar-refractivity contribution < 1.29 is 9.53 Å². The molecule has 116 valence electrons. The van der Waals surface area contributed by atoms with Crippen molar-refractivity contribution in [1.29, 1.82) is 0 Å². The SMILES string of the molecule is NCC1(C(=O)NCCCOC2CCCCC2)CCCC1. The molecule has 0 saturated heterocycles. The lowest BCUT2D eigenvalue weighted by Gasteiger charge is -2.26. The van der Waals surface area contributed by atoms with E-state index in [1.54, 1.807) is 0 Å². The lowest BCUT2D eigenvalue weighted by molar-refractivity contribution is -0.130. The van der Waals surface area contributed by atoms with Gasteiger partial charge in [-0.25, -0.2) is 0 Å². The number of nitrogens with one attached hydrogen (secondary N) is 1. The maximum Gasteiger partial charge on any atom is 0.227 e. The number of carbonyl (C=O) groups excluding carboxylic acids is 1. The molecular weight excluding hydrogens is 252 g/mol. The molecule has 2 aliphatic rings. The van der Waals surface area contributed by atoms with Crippen LogP contribution in [0.15, 0.2) is 0 Å². The summed E-state index contributed by atoms with van der Waals surface area (Å²) in [4.78, 5) is 12.2. The Kier molecular flexibility index (Phi) is 6.30. The summed E-state index contributed by atoms with van der Waals surface area (Å²) >= 11 is 0. The van der Waals surface area contributed by atoms with Crippen LogP contribution in [0.25, 0.3) is 0 Å². The Labute approximate surface area is 122 Å². The monoisotopic (exact) mass is 282 g/mol. The van der Waals surface area contributed by atoms with Gasteiger partial charge in [-0.1, -0.05) is 32.1 Å². The highest BCUT2D eigenvalue weighted by molar-refractivity contribution is 5.83. The lowest BCUT2D eigenvalue weighted by atomic mass is 9.85. The number of rotatable bonds is 7. The van der Waals surface area contributed by atoms with Crippen LogP contribution in [-0.4, -0.2) is 31.7 Å². The van der Waals surface area contributed by atoms with Crippen molar-refractivity contribution >= 4 is 5.91 Å². The second-order valence-electron chi connectivity index (χ2n) is 6.43. The van der Waals surface area contributed by atoms with Gasteiger partial charge in [-0.05, 0) is 32.1 Å². The molecule has 0 aliphatic heterocycles. The number of hydrogen-bond donors (Lipinski definition) is 2. The molecule has 0 bridgehead atoms. The van der Waals surface area contributed by atoms with E-state index in [1.807, 2.05) is 0 Å². The molecule has 0 spiro atoms. The molecule has 20 heavy (non-hydrogen) atoms. The summed E-state index contributed by atoms with van der Waals surface area (Å²) < 4.78 is 5.87. The molecule has 0 aromatic rings. The largest absolute Gasteiger partial charge is 0.378 e. The van der Waals surface area contributed by atoms with Gasteiger partial charge < -0.3 is 15.8 Å². The highest BCUT2D eigenvalue weighted by Crippen LogP contribution is 2.37. The van der Waals surface area contributed by atoms with Gasteiger partial charge in [-0.3, -0.25) is 4.79 Å². The zero-order chi connectivity index (χ0) is 14.3. The maximum atomic E-state index is 12.2. The quantitative estimate of drug-likeness (QED) is 0.705. The fourth-order valence-corrected chi connectivity index (χ4v) is 3.52. The molecule has 0 atom stereocenters. The van der Waals surface area contributed by atoms with Crippen molar-refractivity contribution in [1.82, 2.24) is 5.32 Å². The van der Waals surface area contributed by atoms with Crippen molar-refractivity contribution in [2.45, 2.75) is 70.3 Å². The molecule has 2 aliphatic carbocycles. The maximum absolute atomic E-state index is 12.2. The minimum absolute atomic E-state index is 0.162. The fourth-order valence-electron chi connectivity index (χ4n) is 3.52. The van der Waals surface area contributed by atoms with E-state index in [-0.39, 0.29) is 11.3 Å². The van der Waals surface area contributed by atoms with E-state index >= 15 is 0 Å². The van der Waals surface area contributed by atoms with Gasteiger partial charge in [0, 0.05) is 19.7 Å². The first-order valence-corrected chi connectivity index (χ1v) is 8.37. The van der Waals surface area contributed by atoms with Gasteiger partial charge >= 0.3 is 0 Å². The van der Waals surface area contributed by atoms with Gasteiger partial charge in [0.15, 0.2) is 0 Å². The first-order chi connectivity index (χ1) is 9.77. The molecule has 0 aromatic carbocycles. The van der Waals surface area contributed by atoms with Gasteiger partial charge in [0.25, 0.3) is 0 Å². The predicted octanol–water partition coefficient (Wildman–Crippen LogP) is 2.36. The summed E-state index contributed by atoms with van der Waals surface area (Å²) in [5, 5.41) is 3.06. The first-order valence-electron chi connectivity index (χ1n) is 8.37. The third kappa shape index (κ3) is 4.19. The average molecular weight is 282 g/mol. The zero-order valence-electron chi connectivity index (χ0n) is 12.7. The number of carbonyl (C=O) groups is 1. The number of hydrogen-bond acceptors (Lipinski definition) is 3. The summed E-state index contributed by atoms with van der Waals surface area (Å²) in [6.07, 6.45) is 11.9. The van der Waals surface area contributed by atoms with E-state index in [0.29, 0.717) is 19.2 Å². The normalized spacial score (nSPS) is 22.9. The summed E-state index contributed by atoms with van der Waals surface area (Å²) in [6.45, 7) is 1.96. The van der Waals surface area contributed by atoms with E-state index < -0.39 is 0 Å². The molecule has 4 heteroatoms. The Morgan fingerprint density at radius 3 is 2.50 bits per heavy atom. The van der Waals surface area contributed by atoms with Crippen molar-refractivity contribution in [3.8, 4) is 0 Å². The summed E-state index contributed by atoms with van der Waals surface area (Å²) in [6, 6.07) is 0. The van der Waals surface area contributed by atoms with Crippen LogP contribution in [0.1, 0.15) is 64.2 Å². The molecular formula is C16H30N2O2. The minimum atomic E-state index is -0.274. The number of ether oxygens (including phenoxy) is 1. The van der Waals surface area contributed by atoms with Gasteiger partial charge in [0.1, 0.15) is 0 Å². The highest BCUT2D eigenvalue weighted by Gasteiger charge is 2.39. The summed E-state index contributed by atoms with van der Waals surface area (Å²) in [7, 11) is 0. The molecule has 0 heterocycles. The molecule has 2 saturated carbocycles. The topological polar surface area (TPSA) is 64.4 Å². The molecule has 0 radical (unpaired) electrons. The van der Waals surface area contributed by atoms with E-state index in [2.05, 4.69) is 5.32 Å². The van der Waals surface area contributed by atoms with Crippen LogP contribution >= 0.6 is 0 Å². The number of nitrogens with two attached hydrogens (primary N) is 1.